The second-order valence-corrected chi connectivity index (χ2v) is 10.2. The maximum absolute atomic E-state index is 5.96. The van der Waals surface area contributed by atoms with Crippen LogP contribution in [0.5, 0.6) is 23.0 Å². The zero-order valence-corrected chi connectivity index (χ0v) is 23.5. The number of rotatable bonds is 4. The average Bonchev–Trinajstić information content (AvgIpc) is 3.22. The molecule has 5 rings (SSSR count). The molecule has 1 heterocycles. The zero-order chi connectivity index (χ0) is 25.8. The van der Waals surface area contributed by atoms with Crippen LogP contribution in [0.15, 0.2) is 81.7 Å². The predicted molar refractivity (Wildman–Crippen MR) is 155 cm³/mol. The molecule has 0 aliphatic rings. The van der Waals surface area contributed by atoms with E-state index in [9.17, 15) is 0 Å². The largest absolute Gasteiger partial charge is 0.454 e. The molecule has 10 heteroatoms. The summed E-state index contributed by atoms with van der Waals surface area (Å²) in [7, 11) is 0. The Morgan fingerprint density at radius 1 is 0.778 bits per heavy atom. The van der Waals surface area contributed by atoms with Crippen molar-refractivity contribution in [2.75, 3.05) is 11.5 Å². The molecule has 4 aromatic carbocycles. The van der Waals surface area contributed by atoms with Crippen LogP contribution in [-0.4, -0.2) is 9.97 Å². The molecular formula is C26H20Br2Cl2N4O2. The maximum atomic E-state index is 5.96. The highest BCUT2D eigenvalue weighted by Crippen LogP contribution is 2.39. The van der Waals surface area contributed by atoms with Crippen LogP contribution in [0, 0.1) is 6.92 Å². The molecule has 36 heavy (non-hydrogen) atoms. The third-order valence-electron chi connectivity index (χ3n) is 4.89. The van der Waals surface area contributed by atoms with Crippen molar-refractivity contribution in [3.63, 3.8) is 0 Å². The van der Waals surface area contributed by atoms with E-state index in [0.717, 1.165) is 25.8 Å². The van der Waals surface area contributed by atoms with Gasteiger partial charge in [0.2, 0.25) is 0 Å². The molecule has 0 amide bonds. The van der Waals surface area contributed by atoms with Crippen LogP contribution in [0.4, 0.5) is 11.4 Å². The van der Waals surface area contributed by atoms with Gasteiger partial charge >= 0.3 is 0 Å². The normalized spacial score (nSPS) is 10.6. The number of nitrogens with two attached hydrogens (primary N) is 2. The average molecular weight is 651 g/mol. The summed E-state index contributed by atoms with van der Waals surface area (Å²) in [4.78, 5) is 7.63. The number of halogens is 4. The van der Waals surface area contributed by atoms with E-state index in [1.165, 1.54) is 0 Å². The summed E-state index contributed by atoms with van der Waals surface area (Å²) in [6.45, 7) is 1.91. The first-order chi connectivity index (χ1) is 17.2. The van der Waals surface area contributed by atoms with Gasteiger partial charge in [-0.05, 0) is 99.4 Å². The van der Waals surface area contributed by atoms with Gasteiger partial charge in [0.1, 0.15) is 22.8 Å². The number of aromatic nitrogens is 2. The first-order valence-electron chi connectivity index (χ1n) is 10.6. The van der Waals surface area contributed by atoms with Gasteiger partial charge in [0.25, 0.3) is 0 Å². The minimum atomic E-state index is 0.402. The van der Waals surface area contributed by atoms with Gasteiger partial charge in [-0.1, -0.05) is 35.3 Å². The van der Waals surface area contributed by atoms with E-state index in [-0.39, 0.29) is 0 Å². The summed E-state index contributed by atoms with van der Waals surface area (Å²) >= 11 is 18.7. The van der Waals surface area contributed by atoms with E-state index in [1.807, 2.05) is 37.3 Å². The number of imidazole rings is 1. The van der Waals surface area contributed by atoms with Gasteiger partial charge in [-0.3, -0.25) is 0 Å². The highest BCUT2D eigenvalue weighted by atomic mass is 79.9. The lowest BCUT2D eigenvalue weighted by Gasteiger charge is -2.12. The molecule has 184 valence electrons. The van der Waals surface area contributed by atoms with E-state index >= 15 is 0 Å². The smallest absolute Gasteiger partial charge is 0.169 e. The Morgan fingerprint density at radius 2 is 1.33 bits per heavy atom. The molecule has 0 aliphatic carbocycles. The molecule has 0 unspecified atom stereocenters. The lowest BCUT2D eigenvalue weighted by atomic mass is 10.2. The number of nitrogen functional groups attached to an aromatic ring is 2. The summed E-state index contributed by atoms with van der Waals surface area (Å²) in [5.74, 6) is 3.32. The number of nitrogens with zero attached hydrogens (tertiary/aromatic N) is 1. The van der Waals surface area contributed by atoms with Gasteiger partial charge < -0.3 is 25.9 Å². The third-order valence-corrected chi connectivity index (χ3v) is 6.61. The molecule has 5 N–H and O–H groups in total. The molecule has 0 radical (unpaired) electrons. The highest BCUT2D eigenvalue weighted by molar-refractivity contribution is 9.11. The van der Waals surface area contributed by atoms with E-state index < -0.39 is 0 Å². The first-order valence-corrected chi connectivity index (χ1v) is 12.9. The first kappa shape index (κ1) is 26.2. The van der Waals surface area contributed by atoms with Gasteiger partial charge in [-0.25, -0.2) is 4.98 Å². The van der Waals surface area contributed by atoms with Crippen LogP contribution in [0.2, 0.25) is 10.0 Å². The number of hydrogen-bond donors (Lipinski definition) is 3. The summed E-state index contributed by atoms with van der Waals surface area (Å²) in [6.07, 6.45) is 0. The topological polar surface area (TPSA) is 99.2 Å². The Balaban J connectivity index is 0.000000170. The lowest BCUT2D eigenvalue weighted by molar-refractivity contribution is 0.482. The minimum absolute atomic E-state index is 0.402. The number of H-pyrrole nitrogens is 1. The molecule has 0 atom stereocenters. The van der Waals surface area contributed by atoms with Crippen molar-refractivity contribution in [2.24, 2.45) is 0 Å². The predicted octanol–water partition coefficient (Wildman–Crippen LogP) is 9.14. The number of aromatic amines is 1. The van der Waals surface area contributed by atoms with Crippen LogP contribution in [-0.2, 0) is 0 Å². The van der Waals surface area contributed by atoms with E-state index in [1.54, 1.807) is 42.5 Å². The fraction of sp³-hybridized carbons (Fsp3) is 0.0385. The number of nitrogens with one attached hydrogen (secondary N) is 1. The summed E-state index contributed by atoms with van der Waals surface area (Å²) in [5, 5.41) is 1.24. The zero-order valence-electron chi connectivity index (χ0n) is 18.9. The van der Waals surface area contributed by atoms with Crippen LogP contribution >= 0.6 is 55.1 Å². The Hall–Kier alpha value is -2.91. The third kappa shape index (κ3) is 6.25. The molecule has 6 nitrogen and oxygen atoms in total. The van der Waals surface area contributed by atoms with Crippen molar-refractivity contribution in [1.82, 2.24) is 9.97 Å². The molecule has 0 bridgehead atoms. The fourth-order valence-corrected chi connectivity index (χ4v) is 4.42. The second-order valence-electron chi connectivity index (χ2n) is 7.59. The monoisotopic (exact) mass is 648 g/mol. The van der Waals surface area contributed by atoms with Gasteiger partial charge in [0.15, 0.2) is 11.5 Å². The Morgan fingerprint density at radius 3 is 1.94 bits per heavy atom. The van der Waals surface area contributed by atoms with Crippen molar-refractivity contribution in [3.8, 4) is 23.0 Å². The van der Waals surface area contributed by atoms with E-state index in [4.69, 9.17) is 44.1 Å². The van der Waals surface area contributed by atoms with Crippen LogP contribution < -0.4 is 20.9 Å². The minimum Gasteiger partial charge on any atom is -0.454 e. The number of anilines is 2. The van der Waals surface area contributed by atoms with Gasteiger partial charge in [-0.15, -0.1) is 0 Å². The molecule has 1 aromatic heterocycles. The molecule has 0 saturated carbocycles. The van der Waals surface area contributed by atoms with E-state index in [0.29, 0.717) is 44.4 Å². The Bertz CT molecular complexity index is 1540. The van der Waals surface area contributed by atoms with Gasteiger partial charge in [-0.2, -0.15) is 0 Å². The van der Waals surface area contributed by atoms with Crippen molar-refractivity contribution in [3.05, 3.63) is 97.6 Å². The molecule has 0 spiro atoms. The molecule has 0 saturated heterocycles. The SMILES string of the molecule is Cc1nc2c(Oc3cccc(Cl)c3)c(Br)ccc2[nH]1.Nc1ccc(Br)c(Oc2cccc(Cl)c2)c1N. The van der Waals surface area contributed by atoms with Crippen LogP contribution in [0.25, 0.3) is 11.0 Å². The number of ether oxygens (including phenoxy) is 2. The number of hydrogen-bond acceptors (Lipinski definition) is 5. The lowest BCUT2D eigenvalue weighted by Crippen LogP contribution is -1.98. The summed E-state index contributed by atoms with van der Waals surface area (Å²) < 4.78 is 13.2. The van der Waals surface area contributed by atoms with Crippen molar-refractivity contribution < 1.29 is 9.47 Å². The summed E-state index contributed by atoms with van der Waals surface area (Å²) in [6, 6.07) is 21.7. The number of benzene rings is 4. The standard InChI is InChI=1S/C14H10BrClN2O.C12H10BrClN2O/c1-8-17-12-6-5-11(15)14(13(12)18-8)19-10-4-2-3-9(16)7-10;13-9-4-5-10(15)11(16)12(9)17-8-3-1-2-7(14)6-8/h2-7H,1H3,(H,17,18);1-6H,15-16H2. The number of fused-ring (bicyclic) bond motifs is 1. The summed E-state index contributed by atoms with van der Waals surface area (Å²) in [5.41, 5.74) is 14.2. The van der Waals surface area contributed by atoms with Crippen LogP contribution in [0.1, 0.15) is 5.82 Å². The maximum Gasteiger partial charge on any atom is 0.169 e. The van der Waals surface area contributed by atoms with Gasteiger partial charge in [0, 0.05) is 10.0 Å². The van der Waals surface area contributed by atoms with Gasteiger partial charge in [0.05, 0.1) is 25.8 Å². The van der Waals surface area contributed by atoms with Crippen molar-refractivity contribution in [2.45, 2.75) is 6.92 Å². The van der Waals surface area contributed by atoms with Crippen molar-refractivity contribution in [1.29, 1.82) is 0 Å². The quantitative estimate of drug-likeness (QED) is 0.169. The Kier molecular flexibility index (Phi) is 8.31. The fourth-order valence-electron chi connectivity index (χ4n) is 3.23. The number of aryl methyl sites for hydroxylation is 1. The van der Waals surface area contributed by atoms with Crippen molar-refractivity contribution >= 4 is 77.5 Å². The molecule has 0 fully saturated rings. The molecular weight excluding hydrogens is 631 g/mol. The molecule has 5 aromatic rings. The Labute approximate surface area is 234 Å². The van der Waals surface area contributed by atoms with Crippen LogP contribution in [0.3, 0.4) is 0 Å². The second kappa shape index (κ2) is 11.4. The van der Waals surface area contributed by atoms with E-state index in [2.05, 4.69) is 41.8 Å². The molecule has 0 aliphatic heterocycles. The highest BCUT2D eigenvalue weighted by Gasteiger charge is 2.12.